The molecule has 0 aliphatic rings. The van der Waals surface area contributed by atoms with Gasteiger partial charge in [0.15, 0.2) is 11.6 Å². The van der Waals surface area contributed by atoms with Gasteiger partial charge in [0, 0.05) is 18.7 Å². The Morgan fingerprint density at radius 1 is 1.03 bits per heavy atom. The zero-order chi connectivity index (χ0) is 24.8. The Labute approximate surface area is 193 Å². The van der Waals surface area contributed by atoms with E-state index in [1.807, 2.05) is 19.9 Å². The largest absolute Gasteiger partial charge is 0.352 e. The van der Waals surface area contributed by atoms with Crippen LogP contribution in [0.15, 0.2) is 48.5 Å². The van der Waals surface area contributed by atoms with Crippen molar-refractivity contribution >= 4 is 27.5 Å². The Kier molecular flexibility index (Phi) is 8.92. The second-order valence-corrected chi connectivity index (χ2v) is 9.78. The average Bonchev–Trinajstić information content (AvgIpc) is 2.76. The number of benzene rings is 2. The molecular formula is C23H29F2N3O4S. The van der Waals surface area contributed by atoms with E-state index in [0.29, 0.717) is 16.8 Å². The van der Waals surface area contributed by atoms with Crippen LogP contribution in [0.3, 0.4) is 0 Å². The van der Waals surface area contributed by atoms with E-state index in [9.17, 15) is 26.8 Å². The molecule has 7 nitrogen and oxygen atoms in total. The van der Waals surface area contributed by atoms with E-state index in [1.54, 1.807) is 31.2 Å². The first-order valence-corrected chi connectivity index (χ1v) is 12.3. The highest BCUT2D eigenvalue weighted by Gasteiger charge is 2.30. The van der Waals surface area contributed by atoms with E-state index in [1.165, 1.54) is 4.90 Å². The zero-order valence-corrected chi connectivity index (χ0v) is 19.9. The Morgan fingerprint density at radius 3 is 2.21 bits per heavy atom. The number of nitrogens with one attached hydrogen (secondary N) is 1. The Balaban J connectivity index is 2.38. The van der Waals surface area contributed by atoms with Crippen molar-refractivity contribution in [1.82, 2.24) is 10.2 Å². The Hall–Kier alpha value is -3.01. The van der Waals surface area contributed by atoms with Crippen molar-refractivity contribution in [2.75, 3.05) is 17.1 Å². The fourth-order valence-corrected chi connectivity index (χ4v) is 3.92. The summed E-state index contributed by atoms with van der Waals surface area (Å²) in [5.41, 5.74) is 0.550. The summed E-state index contributed by atoms with van der Waals surface area (Å²) in [7, 11) is -4.02. The Bertz CT molecular complexity index is 1080. The van der Waals surface area contributed by atoms with E-state index < -0.39 is 40.2 Å². The number of amides is 2. The minimum absolute atomic E-state index is 0.0597. The standard InChI is InChI=1S/C23H29F2N3O4S/c1-5-16(2)26-23(30)17(3)27(14-18-9-7-6-8-10-18)22(29)15-28(33(4,31)32)19-11-12-20(24)21(25)13-19/h6-13,16-17H,5,14-15H2,1-4H3,(H,26,30)/t16-,17+/m0/s1. The molecule has 0 heterocycles. The number of hydrogen-bond donors (Lipinski definition) is 1. The molecule has 0 unspecified atom stereocenters. The van der Waals surface area contributed by atoms with Crippen molar-refractivity contribution in [3.05, 3.63) is 65.7 Å². The first-order valence-electron chi connectivity index (χ1n) is 10.5. The molecule has 0 aliphatic heterocycles. The van der Waals surface area contributed by atoms with Crippen molar-refractivity contribution in [2.24, 2.45) is 0 Å². The number of nitrogens with zero attached hydrogens (tertiary/aromatic N) is 2. The van der Waals surface area contributed by atoms with Crippen molar-refractivity contribution in [1.29, 1.82) is 0 Å². The molecule has 0 saturated carbocycles. The lowest BCUT2D eigenvalue weighted by Crippen LogP contribution is -2.52. The Morgan fingerprint density at radius 2 is 1.67 bits per heavy atom. The molecular weight excluding hydrogens is 452 g/mol. The molecule has 2 amide bonds. The fourth-order valence-electron chi connectivity index (χ4n) is 3.08. The highest BCUT2D eigenvalue weighted by Crippen LogP contribution is 2.21. The quantitative estimate of drug-likeness (QED) is 0.565. The summed E-state index contributed by atoms with van der Waals surface area (Å²) in [5, 5.41) is 2.82. The number of sulfonamides is 1. The van der Waals surface area contributed by atoms with Crippen LogP contribution in [0.25, 0.3) is 0 Å². The number of carbonyl (C=O) groups excluding carboxylic acids is 2. The molecule has 2 rings (SSSR count). The summed E-state index contributed by atoms with van der Waals surface area (Å²) >= 11 is 0. The van der Waals surface area contributed by atoms with Crippen LogP contribution in [0.5, 0.6) is 0 Å². The summed E-state index contributed by atoms with van der Waals surface area (Å²) in [6.07, 6.45) is 1.56. The molecule has 0 spiro atoms. The number of rotatable bonds is 10. The SMILES string of the molecule is CC[C@H](C)NC(=O)[C@@H](C)N(Cc1ccccc1)C(=O)CN(c1ccc(F)c(F)c1)S(C)(=O)=O. The van der Waals surface area contributed by atoms with Crippen molar-refractivity contribution in [3.63, 3.8) is 0 Å². The number of anilines is 1. The summed E-state index contributed by atoms with van der Waals surface area (Å²) in [6, 6.07) is 10.5. The van der Waals surface area contributed by atoms with Crippen LogP contribution in [-0.2, 0) is 26.2 Å². The first kappa shape index (κ1) is 26.2. The monoisotopic (exact) mass is 481 g/mol. The minimum atomic E-state index is -4.02. The van der Waals surface area contributed by atoms with E-state index in [2.05, 4.69) is 5.32 Å². The average molecular weight is 482 g/mol. The summed E-state index contributed by atoms with van der Waals surface area (Å²) in [6.45, 7) is 4.68. The van der Waals surface area contributed by atoms with Crippen LogP contribution in [-0.4, -0.2) is 50.0 Å². The van der Waals surface area contributed by atoms with Crippen LogP contribution in [0.1, 0.15) is 32.8 Å². The highest BCUT2D eigenvalue weighted by atomic mass is 32.2. The van der Waals surface area contributed by atoms with Crippen LogP contribution >= 0.6 is 0 Å². The molecule has 10 heteroatoms. The summed E-state index contributed by atoms with van der Waals surface area (Å²) in [5.74, 6) is -3.43. The van der Waals surface area contributed by atoms with Gasteiger partial charge in [-0.1, -0.05) is 37.3 Å². The topological polar surface area (TPSA) is 86.8 Å². The molecule has 2 atom stereocenters. The normalized spacial score (nSPS) is 13.2. The first-order chi connectivity index (χ1) is 15.4. The maximum atomic E-state index is 13.8. The van der Waals surface area contributed by atoms with Crippen molar-refractivity contribution in [2.45, 2.75) is 45.8 Å². The molecule has 33 heavy (non-hydrogen) atoms. The van der Waals surface area contributed by atoms with Gasteiger partial charge < -0.3 is 10.2 Å². The maximum Gasteiger partial charge on any atom is 0.244 e. The van der Waals surface area contributed by atoms with Crippen LogP contribution in [0.2, 0.25) is 0 Å². The lowest BCUT2D eigenvalue weighted by molar-refractivity contribution is -0.139. The predicted molar refractivity (Wildman–Crippen MR) is 123 cm³/mol. The zero-order valence-electron chi connectivity index (χ0n) is 19.1. The molecule has 2 aromatic rings. The van der Waals surface area contributed by atoms with Crippen LogP contribution in [0, 0.1) is 11.6 Å². The molecule has 0 bridgehead atoms. The van der Waals surface area contributed by atoms with E-state index in [0.717, 1.165) is 24.0 Å². The molecule has 2 aromatic carbocycles. The van der Waals surface area contributed by atoms with Gasteiger partial charge in [0.2, 0.25) is 21.8 Å². The third kappa shape index (κ3) is 7.24. The van der Waals surface area contributed by atoms with Gasteiger partial charge >= 0.3 is 0 Å². The predicted octanol–water partition coefficient (Wildman–Crippen LogP) is 3.06. The highest BCUT2D eigenvalue weighted by molar-refractivity contribution is 7.92. The fraction of sp³-hybridized carbons (Fsp3) is 0.391. The van der Waals surface area contributed by atoms with E-state index in [4.69, 9.17) is 0 Å². The van der Waals surface area contributed by atoms with Gasteiger partial charge in [-0.25, -0.2) is 17.2 Å². The second kappa shape index (κ2) is 11.2. The minimum Gasteiger partial charge on any atom is -0.352 e. The van der Waals surface area contributed by atoms with Crippen molar-refractivity contribution < 1.29 is 26.8 Å². The lowest BCUT2D eigenvalue weighted by Gasteiger charge is -2.32. The lowest BCUT2D eigenvalue weighted by atomic mass is 10.1. The molecule has 0 fully saturated rings. The second-order valence-electron chi connectivity index (χ2n) is 7.87. The van der Waals surface area contributed by atoms with Crippen molar-refractivity contribution in [3.8, 4) is 0 Å². The molecule has 0 aliphatic carbocycles. The molecule has 0 radical (unpaired) electrons. The van der Waals surface area contributed by atoms with Gasteiger partial charge in [-0.05, 0) is 38.0 Å². The molecule has 180 valence electrons. The van der Waals surface area contributed by atoms with Gasteiger partial charge in [0.25, 0.3) is 0 Å². The summed E-state index contributed by atoms with van der Waals surface area (Å²) < 4.78 is 52.6. The van der Waals surface area contributed by atoms with Gasteiger partial charge in [-0.15, -0.1) is 0 Å². The smallest absolute Gasteiger partial charge is 0.244 e. The molecule has 1 N–H and O–H groups in total. The van der Waals surface area contributed by atoms with Gasteiger partial charge in [-0.2, -0.15) is 0 Å². The molecule has 0 saturated heterocycles. The van der Waals surface area contributed by atoms with Gasteiger partial charge in [0.1, 0.15) is 12.6 Å². The van der Waals surface area contributed by atoms with Gasteiger partial charge in [-0.3, -0.25) is 13.9 Å². The number of halogens is 2. The van der Waals surface area contributed by atoms with E-state index >= 15 is 0 Å². The van der Waals surface area contributed by atoms with E-state index in [-0.39, 0.29) is 24.2 Å². The van der Waals surface area contributed by atoms with Crippen LogP contribution < -0.4 is 9.62 Å². The maximum absolute atomic E-state index is 13.8. The third-order valence-corrected chi connectivity index (χ3v) is 6.38. The van der Waals surface area contributed by atoms with Crippen LogP contribution in [0.4, 0.5) is 14.5 Å². The summed E-state index contributed by atoms with van der Waals surface area (Å²) in [4.78, 5) is 27.3. The molecule has 0 aromatic heterocycles. The third-order valence-electron chi connectivity index (χ3n) is 5.23. The van der Waals surface area contributed by atoms with Gasteiger partial charge in [0.05, 0.1) is 11.9 Å². The number of hydrogen-bond acceptors (Lipinski definition) is 4. The number of carbonyl (C=O) groups is 2.